The molecule has 2 rings (SSSR count). The van der Waals surface area contributed by atoms with E-state index in [1.807, 2.05) is 18.2 Å². The molecular formula is C11H9ClN2O. The molecule has 0 saturated heterocycles. The summed E-state index contributed by atoms with van der Waals surface area (Å²) < 4.78 is 5.04. The number of pyridine rings is 2. The number of aromatic nitrogens is 2. The van der Waals surface area contributed by atoms with Gasteiger partial charge in [-0.25, -0.2) is 4.98 Å². The molecule has 0 aliphatic rings. The summed E-state index contributed by atoms with van der Waals surface area (Å²) in [6.45, 7) is 0. The van der Waals surface area contributed by atoms with Crippen LogP contribution in [0.2, 0.25) is 5.15 Å². The number of methoxy groups -OCH3 is 1. The van der Waals surface area contributed by atoms with Crippen molar-refractivity contribution >= 4 is 11.6 Å². The molecule has 0 unspecified atom stereocenters. The molecule has 2 aromatic rings. The van der Waals surface area contributed by atoms with Crippen molar-refractivity contribution in [3.8, 4) is 17.0 Å². The Balaban J connectivity index is 2.49. The van der Waals surface area contributed by atoms with Crippen LogP contribution in [0.1, 0.15) is 0 Å². The molecule has 0 bridgehead atoms. The van der Waals surface area contributed by atoms with Crippen LogP contribution in [-0.4, -0.2) is 17.1 Å². The van der Waals surface area contributed by atoms with Crippen LogP contribution in [-0.2, 0) is 0 Å². The summed E-state index contributed by atoms with van der Waals surface area (Å²) in [6, 6.07) is 7.43. The van der Waals surface area contributed by atoms with Gasteiger partial charge < -0.3 is 4.74 Å². The zero-order valence-corrected chi connectivity index (χ0v) is 8.90. The van der Waals surface area contributed by atoms with E-state index in [9.17, 15) is 0 Å². The van der Waals surface area contributed by atoms with E-state index in [-0.39, 0.29) is 0 Å². The Morgan fingerprint density at radius 3 is 2.80 bits per heavy atom. The summed E-state index contributed by atoms with van der Waals surface area (Å²) in [5, 5.41) is 0.410. The Hall–Kier alpha value is -1.61. The second-order valence-corrected chi connectivity index (χ2v) is 3.35. The van der Waals surface area contributed by atoms with Crippen LogP contribution in [0.5, 0.6) is 5.88 Å². The molecular weight excluding hydrogens is 212 g/mol. The Morgan fingerprint density at radius 1 is 1.27 bits per heavy atom. The molecule has 0 radical (unpaired) electrons. The molecule has 76 valence electrons. The summed E-state index contributed by atoms with van der Waals surface area (Å²) >= 11 is 5.87. The third kappa shape index (κ3) is 2.25. The van der Waals surface area contributed by atoms with Crippen LogP contribution in [0, 0.1) is 0 Å². The molecule has 0 aromatic carbocycles. The Morgan fingerprint density at radius 2 is 2.13 bits per heavy atom. The van der Waals surface area contributed by atoms with Crippen molar-refractivity contribution in [2.45, 2.75) is 0 Å². The monoisotopic (exact) mass is 220 g/mol. The molecule has 0 atom stereocenters. The SMILES string of the molecule is COc1cc(-c2cccnc2)cc(Cl)n1. The first kappa shape index (κ1) is 9.93. The fraction of sp³-hybridized carbons (Fsp3) is 0.0909. The zero-order valence-electron chi connectivity index (χ0n) is 8.14. The highest BCUT2D eigenvalue weighted by Gasteiger charge is 2.03. The highest BCUT2D eigenvalue weighted by Crippen LogP contribution is 2.24. The molecule has 4 heteroatoms. The number of ether oxygens (including phenoxy) is 1. The lowest BCUT2D eigenvalue weighted by Gasteiger charge is -2.04. The first-order valence-corrected chi connectivity index (χ1v) is 4.79. The fourth-order valence-corrected chi connectivity index (χ4v) is 1.48. The van der Waals surface area contributed by atoms with Gasteiger partial charge in [0.25, 0.3) is 0 Å². The predicted molar refractivity (Wildman–Crippen MR) is 59.0 cm³/mol. The van der Waals surface area contributed by atoms with Crippen molar-refractivity contribution in [1.29, 1.82) is 0 Å². The van der Waals surface area contributed by atoms with E-state index in [2.05, 4.69) is 9.97 Å². The van der Waals surface area contributed by atoms with Gasteiger partial charge in [0.05, 0.1) is 7.11 Å². The number of rotatable bonds is 2. The minimum absolute atomic E-state index is 0.410. The van der Waals surface area contributed by atoms with Crippen LogP contribution >= 0.6 is 11.6 Å². The molecule has 0 aliphatic carbocycles. The summed E-state index contributed by atoms with van der Waals surface area (Å²) in [7, 11) is 1.56. The zero-order chi connectivity index (χ0) is 10.7. The lowest BCUT2D eigenvalue weighted by molar-refractivity contribution is 0.398. The minimum atomic E-state index is 0.410. The number of hydrogen-bond donors (Lipinski definition) is 0. The predicted octanol–water partition coefficient (Wildman–Crippen LogP) is 2.81. The van der Waals surface area contributed by atoms with Gasteiger partial charge in [0, 0.05) is 24.0 Å². The second kappa shape index (κ2) is 4.28. The Labute approximate surface area is 92.7 Å². The van der Waals surface area contributed by atoms with Crippen LogP contribution in [0.15, 0.2) is 36.7 Å². The molecule has 15 heavy (non-hydrogen) atoms. The minimum Gasteiger partial charge on any atom is -0.481 e. The smallest absolute Gasteiger partial charge is 0.214 e. The molecule has 0 fully saturated rings. The average molecular weight is 221 g/mol. The van der Waals surface area contributed by atoms with E-state index in [1.165, 1.54) is 0 Å². The summed E-state index contributed by atoms with van der Waals surface area (Å²) in [5.74, 6) is 0.501. The van der Waals surface area contributed by atoms with E-state index >= 15 is 0 Å². The van der Waals surface area contributed by atoms with Gasteiger partial charge in [-0.2, -0.15) is 0 Å². The third-order valence-corrected chi connectivity index (χ3v) is 2.17. The summed E-state index contributed by atoms with van der Waals surface area (Å²) in [5.41, 5.74) is 1.93. The standard InChI is InChI=1S/C11H9ClN2O/c1-15-11-6-9(5-10(12)14-11)8-3-2-4-13-7-8/h2-7H,1H3. The Bertz CT molecular complexity index is 459. The van der Waals surface area contributed by atoms with Crippen LogP contribution in [0.25, 0.3) is 11.1 Å². The first-order valence-electron chi connectivity index (χ1n) is 4.41. The van der Waals surface area contributed by atoms with Crippen LogP contribution in [0.3, 0.4) is 0 Å². The van der Waals surface area contributed by atoms with E-state index in [1.54, 1.807) is 25.6 Å². The topological polar surface area (TPSA) is 35.0 Å². The highest BCUT2D eigenvalue weighted by molar-refractivity contribution is 6.29. The van der Waals surface area contributed by atoms with E-state index in [0.717, 1.165) is 11.1 Å². The average Bonchev–Trinajstić information content (AvgIpc) is 2.29. The number of nitrogens with zero attached hydrogens (tertiary/aromatic N) is 2. The summed E-state index contributed by atoms with van der Waals surface area (Å²) in [4.78, 5) is 8.04. The molecule has 0 amide bonds. The van der Waals surface area contributed by atoms with E-state index < -0.39 is 0 Å². The quantitative estimate of drug-likeness (QED) is 0.730. The van der Waals surface area contributed by atoms with Gasteiger partial charge in [-0.1, -0.05) is 17.7 Å². The largest absolute Gasteiger partial charge is 0.481 e. The van der Waals surface area contributed by atoms with Gasteiger partial charge >= 0.3 is 0 Å². The fourth-order valence-electron chi connectivity index (χ4n) is 1.28. The van der Waals surface area contributed by atoms with E-state index in [4.69, 9.17) is 16.3 Å². The van der Waals surface area contributed by atoms with Gasteiger partial charge in [0.2, 0.25) is 5.88 Å². The molecule has 2 aromatic heterocycles. The highest BCUT2D eigenvalue weighted by atomic mass is 35.5. The van der Waals surface area contributed by atoms with Gasteiger partial charge in [-0.3, -0.25) is 4.98 Å². The molecule has 3 nitrogen and oxygen atoms in total. The lowest BCUT2D eigenvalue weighted by Crippen LogP contribution is -1.89. The molecule has 0 aliphatic heterocycles. The molecule has 2 heterocycles. The number of halogens is 1. The van der Waals surface area contributed by atoms with Gasteiger partial charge in [-0.15, -0.1) is 0 Å². The van der Waals surface area contributed by atoms with E-state index in [0.29, 0.717) is 11.0 Å². The maximum Gasteiger partial charge on any atom is 0.214 e. The van der Waals surface area contributed by atoms with Gasteiger partial charge in [0.1, 0.15) is 5.15 Å². The van der Waals surface area contributed by atoms with Gasteiger partial charge in [0.15, 0.2) is 0 Å². The lowest BCUT2D eigenvalue weighted by atomic mass is 10.1. The van der Waals surface area contributed by atoms with Crippen molar-refractivity contribution < 1.29 is 4.74 Å². The summed E-state index contributed by atoms with van der Waals surface area (Å²) in [6.07, 6.45) is 3.49. The normalized spacial score (nSPS) is 10.0. The second-order valence-electron chi connectivity index (χ2n) is 2.96. The number of hydrogen-bond acceptors (Lipinski definition) is 3. The maximum atomic E-state index is 5.87. The van der Waals surface area contributed by atoms with Crippen molar-refractivity contribution in [2.24, 2.45) is 0 Å². The van der Waals surface area contributed by atoms with Crippen molar-refractivity contribution in [3.05, 3.63) is 41.8 Å². The molecule has 0 N–H and O–H groups in total. The first-order chi connectivity index (χ1) is 7.29. The van der Waals surface area contributed by atoms with Crippen molar-refractivity contribution in [2.75, 3.05) is 7.11 Å². The molecule has 0 spiro atoms. The van der Waals surface area contributed by atoms with Crippen LogP contribution in [0.4, 0.5) is 0 Å². The van der Waals surface area contributed by atoms with Gasteiger partial charge in [-0.05, 0) is 17.7 Å². The van der Waals surface area contributed by atoms with Crippen molar-refractivity contribution in [1.82, 2.24) is 9.97 Å². The van der Waals surface area contributed by atoms with Crippen molar-refractivity contribution in [3.63, 3.8) is 0 Å². The maximum absolute atomic E-state index is 5.87. The van der Waals surface area contributed by atoms with Crippen LogP contribution < -0.4 is 4.74 Å². The third-order valence-electron chi connectivity index (χ3n) is 1.97. The molecule has 0 saturated carbocycles. The Kier molecular flexibility index (Phi) is 2.83.